The van der Waals surface area contributed by atoms with Crippen LogP contribution >= 0.6 is 0 Å². The average Bonchev–Trinajstić information content (AvgIpc) is 3.17. The van der Waals surface area contributed by atoms with Gasteiger partial charge in [-0.1, -0.05) is 48.5 Å². The molecule has 218 valence electrons. The molecule has 1 spiro atoms. The molecule has 2 aromatic rings. The minimum atomic E-state index is -1.51. The summed E-state index contributed by atoms with van der Waals surface area (Å²) in [6, 6.07) is 17.9. The van der Waals surface area contributed by atoms with Gasteiger partial charge in [0, 0.05) is 19.4 Å². The Kier molecular flexibility index (Phi) is 7.37. The van der Waals surface area contributed by atoms with Crippen LogP contribution in [0.5, 0.6) is 0 Å². The van der Waals surface area contributed by atoms with Crippen LogP contribution in [0.15, 0.2) is 66.7 Å². The van der Waals surface area contributed by atoms with Crippen molar-refractivity contribution < 1.29 is 38.4 Å². The van der Waals surface area contributed by atoms with E-state index in [0.29, 0.717) is 18.4 Å². The Bertz CT molecular complexity index is 1330. The molecule has 3 aliphatic rings. The average molecular weight is 563 g/mol. The highest BCUT2D eigenvalue weighted by molar-refractivity contribution is 5.89. The van der Waals surface area contributed by atoms with E-state index >= 15 is 0 Å². The largest absolute Gasteiger partial charge is 0.458 e. The second-order valence-electron chi connectivity index (χ2n) is 12.4. The molecule has 41 heavy (non-hydrogen) atoms. The topological polar surface area (TPSA) is 108 Å². The van der Waals surface area contributed by atoms with Crippen molar-refractivity contribution in [3.8, 4) is 0 Å². The predicted molar refractivity (Wildman–Crippen MR) is 151 cm³/mol. The predicted octanol–water partition coefficient (Wildman–Crippen LogP) is 4.89. The zero-order chi connectivity index (χ0) is 29.6. The number of aliphatic hydroxyl groups is 1. The molecular weight excluding hydrogens is 524 g/mol. The van der Waals surface area contributed by atoms with Gasteiger partial charge >= 0.3 is 17.9 Å². The number of carbonyl (C=O) groups excluding carboxylic acids is 3. The van der Waals surface area contributed by atoms with E-state index in [4.69, 9.17) is 18.9 Å². The van der Waals surface area contributed by atoms with Gasteiger partial charge in [0.2, 0.25) is 0 Å². The molecule has 3 fully saturated rings. The van der Waals surface area contributed by atoms with Gasteiger partial charge in [-0.25, -0.2) is 9.59 Å². The van der Waals surface area contributed by atoms with Crippen molar-refractivity contribution in [1.82, 2.24) is 0 Å². The van der Waals surface area contributed by atoms with Crippen molar-refractivity contribution in [2.45, 2.75) is 89.0 Å². The fourth-order valence-corrected chi connectivity index (χ4v) is 7.35. The number of esters is 3. The third kappa shape index (κ3) is 4.97. The lowest BCUT2D eigenvalue weighted by atomic mass is 9.48. The molecule has 1 saturated heterocycles. The summed E-state index contributed by atoms with van der Waals surface area (Å²) in [4.78, 5) is 39.0. The summed E-state index contributed by atoms with van der Waals surface area (Å²) < 4.78 is 24.9. The van der Waals surface area contributed by atoms with Crippen molar-refractivity contribution >= 4 is 24.0 Å². The molecule has 1 heterocycles. The molecule has 2 aromatic carbocycles. The highest BCUT2D eigenvalue weighted by atomic mass is 16.6. The molecule has 8 heteroatoms. The third-order valence-electron chi connectivity index (χ3n) is 9.42. The van der Waals surface area contributed by atoms with Gasteiger partial charge in [0.15, 0.2) is 6.10 Å². The summed E-state index contributed by atoms with van der Waals surface area (Å²) >= 11 is 0. The summed E-state index contributed by atoms with van der Waals surface area (Å²) in [6.45, 7) is 8.68. The van der Waals surface area contributed by atoms with Crippen molar-refractivity contribution in [3.05, 3.63) is 77.9 Å². The fourth-order valence-electron chi connectivity index (χ4n) is 7.35. The van der Waals surface area contributed by atoms with Crippen LogP contribution in [0.4, 0.5) is 0 Å². The van der Waals surface area contributed by atoms with Crippen molar-refractivity contribution in [2.75, 3.05) is 0 Å². The van der Waals surface area contributed by atoms with E-state index in [1.54, 1.807) is 43.3 Å². The van der Waals surface area contributed by atoms with Crippen molar-refractivity contribution in [1.29, 1.82) is 0 Å². The molecular formula is C33H38O8. The van der Waals surface area contributed by atoms with Crippen molar-refractivity contribution in [3.63, 3.8) is 0 Å². The van der Waals surface area contributed by atoms with E-state index in [0.717, 1.165) is 5.56 Å². The Morgan fingerprint density at radius 1 is 0.902 bits per heavy atom. The zero-order valence-corrected chi connectivity index (χ0v) is 24.2. The second-order valence-corrected chi connectivity index (χ2v) is 12.4. The molecule has 8 nitrogen and oxygen atoms in total. The van der Waals surface area contributed by atoms with Crippen LogP contribution in [0.2, 0.25) is 0 Å². The normalized spacial score (nSPS) is 35.4. The monoisotopic (exact) mass is 562 g/mol. The first-order chi connectivity index (χ1) is 19.3. The molecule has 0 aromatic heterocycles. The van der Waals surface area contributed by atoms with E-state index in [1.807, 2.05) is 51.1 Å². The lowest BCUT2D eigenvalue weighted by Gasteiger charge is -2.63. The molecule has 2 saturated carbocycles. The van der Waals surface area contributed by atoms with Crippen LogP contribution in [0.25, 0.3) is 6.08 Å². The molecule has 1 aliphatic heterocycles. The first kappa shape index (κ1) is 29.0. The van der Waals surface area contributed by atoms with Crippen LogP contribution < -0.4 is 0 Å². The number of rotatable bonds is 6. The third-order valence-corrected chi connectivity index (χ3v) is 9.42. The summed E-state index contributed by atoms with van der Waals surface area (Å²) in [6.07, 6.45) is 0.983. The molecule has 2 bridgehead atoms. The quantitative estimate of drug-likeness (QED) is 0.301. The zero-order valence-electron chi connectivity index (χ0n) is 24.2. The highest BCUT2D eigenvalue weighted by Crippen LogP contribution is 2.68. The van der Waals surface area contributed by atoms with Gasteiger partial charge in [-0.2, -0.15) is 0 Å². The van der Waals surface area contributed by atoms with E-state index in [-0.39, 0.29) is 12.3 Å². The maximum absolute atomic E-state index is 13.5. The van der Waals surface area contributed by atoms with Gasteiger partial charge in [0.05, 0.1) is 22.2 Å². The van der Waals surface area contributed by atoms with Crippen LogP contribution in [0.3, 0.4) is 0 Å². The molecule has 2 unspecified atom stereocenters. The number of ether oxygens (including phenoxy) is 4. The molecule has 1 N–H and O–H groups in total. The van der Waals surface area contributed by atoms with Crippen molar-refractivity contribution in [2.24, 2.45) is 11.3 Å². The molecule has 0 amide bonds. The SMILES string of the molecule is CC(=O)O[C@H]1C[C@](C)(O)C23CC(C[C@H](OC(=O)/C=C/c4ccccc4)[C@]2(C)[C@H]1OC(=O)c1ccccc1)C(C)(C)O3. The standard InChI is InChI=1S/C33H38O8/c1-21(34)38-25-20-31(4,37)33-19-24(30(2,3)41-33)18-26(39-27(35)17-16-22-12-8-6-9-13-22)32(33,5)28(25)40-29(36)23-14-10-7-11-15-23/h6-17,24-26,28,37H,18-20H2,1-5H3/b17-16+/t24?,25-,26-,28-,31-,32+,33?/m0/s1. The summed E-state index contributed by atoms with van der Waals surface area (Å²) in [7, 11) is 0. The first-order valence-corrected chi connectivity index (χ1v) is 14.1. The Balaban J connectivity index is 1.58. The summed E-state index contributed by atoms with van der Waals surface area (Å²) in [5.41, 5.74) is -3.54. The summed E-state index contributed by atoms with van der Waals surface area (Å²) in [5, 5.41) is 12.1. The van der Waals surface area contributed by atoms with Gasteiger partial charge in [-0.15, -0.1) is 0 Å². The highest BCUT2D eigenvalue weighted by Gasteiger charge is 2.79. The maximum atomic E-state index is 13.5. The minimum Gasteiger partial charge on any atom is -0.458 e. The van der Waals surface area contributed by atoms with Crippen LogP contribution in [0.1, 0.15) is 69.8 Å². The van der Waals surface area contributed by atoms with Gasteiger partial charge in [0.25, 0.3) is 0 Å². The van der Waals surface area contributed by atoms with E-state index in [2.05, 4.69) is 0 Å². The van der Waals surface area contributed by atoms with Gasteiger partial charge in [0.1, 0.15) is 17.8 Å². The van der Waals surface area contributed by atoms with Crippen LogP contribution in [-0.4, -0.2) is 58.1 Å². The Labute approximate surface area is 240 Å². The van der Waals surface area contributed by atoms with Gasteiger partial charge < -0.3 is 24.1 Å². The van der Waals surface area contributed by atoms with E-state index in [1.165, 1.54) is 13.0 Å². The smallest absolute Gasteiger partial charge is 0.338 e. The fraction of sp³-hybridized carbons (Fsp3) is 0.485. The van der Waals surface area contributed by atoms with E-state index in [9.17, 15) is 19.5 Å². The van der Waals surface area contributed by atoms with Gasteiger partial charge in [-0.05, 0) is 70.2 Å². The van der Waals surface area contributed by atoms with E-state index < -0.39 is 58.4 Å². The molecule has 0 radical (unpaired) electrons. The Morgan fingerprint density at radius 3 is 2.17 bits per heavy atom. The number of hydrogen-bond donors (Lipinski definition) is 1. The van der Waals surface area contributed by atoms with Gasteiger partial charge in [-0.3, -0.25) is 4.79 Å². The summed E-state index contributed by atoms with van der Waals surface area (Å²) in [5.74, 6) is -1.81. The Morgan fingerprint density at radius 2 is 1.54 bits per heavy atom. The number of benzene rings is 2. The second kappa shape index (κ2) is 10.4. The van der Waals surface area contributed by atoms with Crippen LogP contribution in [-0.2, 0) is 28.5 Å². The lowest BCUT2D eigenvalue weighted by molar-refractivity contribution is -0.323. The number of hydrogen-bond acceptors (Lipinski definition) is 8. The minimum absolute atomic E-state index is 0.0215. The number of carbonyl (C=O) groups is 3. The number of fused-ring (bicyclic) bond motifs is 1. The molecule has 2 aliphatic carbocycles. The lowest BCUT2D eigenvalue weighted by Crippen LogP contribution is -2.77. The Hall–Kier alpha value is -3.49. The van der Waals surface area contributed by atoms with Crippen LogP contribution in [0, 0.1) is 11.3 Å². The first-order valence-electron chi connectivity index (χ1n) is 14.1. The molecule has 5 rings (SSSR count). The maximum Gasteiger partial charge on any atom is 0.338 e. The molecule has 7 atom stereocenters.